The Labute approximate surface area is 206 Å². The summed E-state index contributed by atoms with van der Waals surface area (Å²) in [4.78, 5) is 14.3. The van der Waals surface area contributed by atoms with Crippen LogP contribution in [-0.4, -0.2) is 47.6 Å². The first-order valence-electron chi connectivity index (χ1n) is 12.3. The molecule has 1 aliphatic heterocycles. The molecule has 0 amide bonds. The van der Waals surface area contributed by atoms with Crippen molar-refractivity contribution < 1.29 is 0 Å². The topological polar surface area (TPSA) is 44.3 Å². The van der Waals surface area contributed by atoms with Gasteiger partial charge in [-0.05, 0) is 95.3 Å². The molecule has 0 radical (unpaired) electrons. The van der Waals surface area contributed by atoms with Crippen LogP contribution in [0.4, 0.5) is 11.5 Å². The van der Waals surface area contributed by atoms with Crippen molar-refractivity contribution in [2.24, 2.45) is 0 Å². The number of rotatable bonds is 8. The van der Waals surface area contributed by atoms with Crippen molar-refractivity contribution >= 4 is 33.7 Å². The van der Waals surface area contributed by atoms with Crippen LogP contribution in [-0.2, 0) is 13.0 Å². The summed E-state index contributed by atoms with van der Waals surface area (Å²) >= 11 is 1.73. The largest absolute Gasteiger partial charge is 0.384 e. The summed E-state index contributed by atoms with van der Waals surface area (Å²) in [6.07, 6.45) is 2.75. The van der Waals surface area contributed by atoms with Gasteiger partial charge in [0.25, 0.3) is 0 Å². The number of anilines is 2. The van der Waals surface area contributed by atoms with E-state index >= 15 is 0 Å². The standard InChI is InChI=1S/C28H33N5S/c1-4-32(5-2)12-10-29-25-7-6-21-8-11-33(17-24(21)15-25)28-26-16-23(22-9-13-34-18-22)14-20(3)27(26)30-19-31-28/h6-7,9,13-16,18-19,29H,4-5,8,10-12,17H2,1-3H3. The van der Waals surface area contributed by atoms with E-state index < -0.39 is 0 Å². The summed E-state index contributed by atoms with van der Waals surface area (Å²) in [5.41, 5.74) is 8.76. The lowest BCUT2D eigenvalue weighted by Crippen LogP contribution is -2.31. The Kier molecular flexibility index (Phi) is 6.79. The Bertz CT molecular complexity index is 1260. The van der Waals surface area contributed by atoms with E-state index in [0.717, 1.165) is 62.4 Å². The first-order valence-corrected chi connectivity index (χ1v) is 13.2. The molecule has 176 valence electrons. The number of benzene rings is 2. The summed E-state index contributed by atoms with van der Waals surface area (Å²) in [6, 6.07) is 13.5. The van der Waals surface area contributed by atoms with Gasteiger partial charge in [0, 0.05) is 37.3 Å². The molecular weight excluding hydrogens is 438 g/mol. The van der Waals surface area contributed by atoms with Gasteiger partial charge in [-0.2, -0.15) is 11.3 Å². The van der Waals surface area contributed by atoms with Gasteiger partial charge in [0.2, 0.25) is 0 Å². The third kappa shape index (κ3) is 4.65. The first kappa shape index (κ1) is 22.8. The first-order chi connectivity index (χ1) is 16.7. The van der Waals surface area contributed by atoms with Gasteiger partial charge in [-0.15, -0.1) is 0 Å². The second-order valence-corrected chi connectivity index (χ2v) is 9.79. The number of thiophene rings is 1. The Morgan fingerprint density at radius 3 is 2.71 bits per heavy atom. The number of likely N-dealkylation sites (N-methyl/N-ethyl adjacent to an activating group) is 1. The van der Waals surface area contributed by atoms with E-state index in [2.05, 4.69) is 88.0 Å². The van der Waals surface area contributed by atoms with E-state index in [1.54, 1.807) is 17.7 Å². The monoisotopic (exact) mass is 471 g/mol. The zero-order valence-electron chi connectivity index (χ0n) is 20.3. The minimum Gasteiger partial charge on any atom is -0.384 e. The van der Waals surface area contributed by atoms with E-state index in [1.165, 1.54) is 33.5 Å². The molecule has 0 saturated carbocycles. The van der Waals surface area contributed by atoms with Crippen LogP contribution in [0.2, 0.25) is 0 Å². The molecular formula is C28H33N5S. The molecule has 2 aromatic carbocycles. The number of hydrogen-bond acceptors (Lipinski definition) is 6. The fourth-order valence-corrected chi connectivity index (χ4v) is 5.59. The van der Waals surface area contributed by atoms with Crippen LogP contribution < -0.4 is 10.2 Å². The SMILES string of the molecule is CCN(CC)CCNc1ccc2c(c1)CN(c1ncnc3c(C)cc(-c4ccsc4)cc13)CC2. The van der Waals surface area contributed by atoms with Crippen molar-refractivity contribution in [1.82, 2.24) is 14.9 Å². The molecule has 0 spiro atoms. The van der Waals surface area contributed by atoms with Gasteiger partial charge >= 0.3 is 0 Å². The summed E-state index contributed by atoms with van der Waals surface area (Å²) in [5, 5.41) is 9.10. The maximum absolute atomic E-state index is 4.77. The Hall–Kier alpha value is -2.96. The van der Waals surface area contributed by atoms with Crippen LogP contribution >= 0.6 is 11.3 Å². The molecule has 2 aromatic heterocycles. The fraction of sp³-hybridized carbons (Fsp3) is 0.357. The molecule has 4 aromatic rings. The molecule has 0 bridgehead atoms. The van der Waals surface area contributed by atoms with Crippen LogP contribution in [0.5, 0.6) is 0 Å². The summed E-state index contributed by atoms with van der Waals surface area (Å²) in [7, 11) is 0. The van der Waals surface area contributed by atoms with Gasteiger partial charge in [0.15, 0.2) is 0 Å². The average Bonchev–Trinajstić information content (AvgIpc) is 3.41. The highest BCUT2D eigenvalue weighted by molar-refractivity contribution is 7.08. The van der Waals surface area contributed by atoms with E-state index in [-0.39, 0.29) is 0 Å². The zero-order chi connectivity index (χ0) is 23.5. The number of aryl methyl sites for hydroxylation is 1. The molecule has 0 unspecified atom stereocenters. The number of nitrogens with one attached hydrogen (secondary N) is 1. The van der Waals surface area contributed by atoms with Crippen LogP contribution in [0.25, 0.3) is 22.0 Å². The van der Waals surface area contributed by atoms with Crippen molar-refractivity contribution in [2.45, 2.75) is 33.7 Å². The predicted molar refractivity (Wildman–Crippen MR) is 145 cm³/mol. The van der Waals surface area contributed by atoms with E-state index in [0.29, 0.717) is 0 Å². The molecule has 1 aliphatic rings. The van der Waals surface area contributed by atoms with Crippen molar-refractivity contribution in [3.63, 3.8) is 0 Å². The second kappa shape index (κ2) is 10.1. The quantitative estimate of drug-likeness (QED) is 0.342. The van der Waals surface area contributed by atoms with Crippen LogP contribution in [0.3, 0.4) is 0 Å². The Balaban J connectivity index is 1.40. The average molecular weight is 472 g/mol. The third-order valence-electron chi connectivity index (χ3n) is 6.93. The molecule has 0 atom stereocenters. The molecule has 0 saturated heterocycles. The smallest absolute Gasteiger partial charge is 0.140 e. The van der Waals surface area contributed by atoms with Crippen LogP contribution in [0, 0.1) is 6.92 Å². The number of nitrogens with zero attached hydrogens (tertiary/aromatic N) is 4. The number of fused-ring (bicyclic) bond motifs is 2. The van der Waals surface area contributed by atoms with Crippen molar-refractivity contribution in [3.05, 3.63) is 70.2 Å². The van der Waals surface area contributed by atoms with Gasteiger partial charge in [-0.25, -0.2) is 9.97 Å². The molecule has 3 heterocycles. The molecule has 5 rings (SSSR count). The third-order valence-corrected chi connectivity index (χ3v) is 7.62. The lowest BCUT2D eigenvalue weighted by atomic mass is 9.98. The van der Waals surface area contributed by atoms with Gasteiger partial charge in [-0.3, -0.25) is 0 Å². The normalized spacial score (nSPS) is 13.5. The highest BCUT2D eigenvalue weighted by atomic mass is 32.1. The summed E-state index contributed by atoms with van der Waals surface area (Å²) in [5.74, 6) is 1.04. The second-order valence-electron chi connectivity index (χ2n) is 9.01. The van der Waals surface area contributed by atoms with Gasteiger partial charge in [0.05, 0.1) is 5.52 Å². The van der Waals surface area contributed by atoms with Gasteiger partial charge < -0.3 is 15.1 Å². The molecule has 6 heteroatoms. The number of hydrogen-bond donors (Lipinski definition) is 1. The lowest BCUT2D eigenvalue weighted by Gasteiger charge is -2.31. The molecule has 34 heavy (non-hydrogen) atoms. The van der Waals surface area contributed by atoms with Gasteiger partial charge in [-0.1, -0.05) is 19.9 Å². The molecule has 1 N–H and O–H groups in total. The summed E-state index contributed by atoms with van der Waals surface area (Å²) < 4.78 is 0. The zero-order valence-corrected chi connectivity index (χ0v) is 21.2. The highest BCUT2D eigenvalue weighted by Crippen LogP contribution is 2.34. The summed E-state index contributed by atoms with van der Waals surface area (Å²) in [6.45, 7) is 12.6. The minimum atomic E-state index is 0.870. The van der Waals surface area contributed by atoms with Crippen molar-refractivity contribution in [2.75, 3.05) is 42.9 Å². The van der Waals surface area contributed by atoms with E-state index in [1.807, 2.05) is 0 Å². The van der Waals surface area contributed by atoms with Crippen LogP contribution in [0.1, 0.15) is 30.5 Å². The van der Waals surface area contributed by atoms with Crippen molar-refractivity contribution in [3.8, 4) is 11.1 Å². The Morgan fingerprint density at radius 1 is 1.03 bits per heavy atom. The van der Waals surface area contributed by atoms with Crippen LogP contribution in [0.15, 0.2) is 53.5 Å². The van der Waals surface area contributed by atoms with E-state index in [4.69, 9.17) is 4.98 Å². The maximum atomic E-state index is 4.77. The highest BCUT2D eigenvalue weighted by Gasteiger charge is 2.21. The van der Waals surface area contributed by atoms with Gasteiger partial charge in [0.1, 0.15) is 12.1 Å². The van der Waals surface area contributed by atoms with E-state index in [9.17, 15) is 0 Å². The lowest BCUT2D eigenvalue weighted by molar-refractivity contribution is 0.316. The predicted octanol–water partition coefficient (Wildman–Crippen LogP) is 5.98. The minimum absolute atomic E-state index is 0.870. The van der Waals surface area contributed by atoms with Crippen molar-refractivity contribution in [1.29, 1.82) is 0 Å². The molecule has 5 nitrogen and oxygen atoms in total. The number of aromatic nitrogens is 2. The Morgan fingerprint density at radius 2 is 1.91 bits per heavy atom. The molecule has 0 aliphatic carbocycles. The molecule has 0 fully saturated rings. The maximum Gasteiger partial charge on any atom is 0.140 e. The fourth-order valence-electron chi connectivity index (χ4n) is 4.93.